The number of aryl methyl sites for hydroxylation is 1. The van der Waals surface area contributed by atoms with Gasteiger partial charge in [-0.3, -0.25) is 0 Å². The lowest BCUT2D eigenvalue weighted by atomic mass is 10.1. The van der Waals surface area contributed by atoms with Gasteiger partial charge in [0.05, 0.1) is 6.54 Å². The van der Waals surface area contributed by atoms with Gasteiger partial charge in [-0.05, 0) is 30.2 Å². The van der Waals surface area contributed by atoms with Crippen LogP contribution in [-0.4, -0.2) is 13.0 Å². The predicted molar refractivity (Wildman–Crippen MR) is 53.9 cm³/mol. The Bertz CT molecular complexity index is 282. The molecule has 0 heterocycles. The summed E-state index contributed by atoms with van der Waals surface area (Å²) in [4.78, 5) is 0. The zero-order valence-corrected chi connectivity index (χ0v) is 8.61. The van der Waals surface area contributed by atoms with E-state index < -0.39 is 6.43 Å². The van der Waals surface area contributed by atoms with E-state index in [1.165, 1.54) is 0 Å². The van der Waals surface area contributed by atoms with Gasteiger partial charge in [-0.2, -0.15) is 0 Å². The fourth-order valence-electron chi connectivity index (χ4n) is 1.24. The van der Waals surface area contributed by atoms with E-state index in [0.717, 1.165) is 11.1 Å². The van der Waals surface area contributed by atoms with E-state index >= 15 is 0 Å². The number of hydrogen-bond donors (Lipinski definition) is 1. The van der Waals surface area contributed by atoms with Crippen LogP contribution < -0.4 is 5.32 Å². The number of hydrogen-bond acceptors (Lipinski definition) is 1. The molecule has 0 aliphatic rings. The topological polar surface area (TPSA) is 12.0 Å². The summed E-state index contributed by atoms with van der Waals surface area (Å²) < 4.78 is 23.6. The van der Waals surface area contributed by atoms with E-state index in [2.05, 4.69) is 5.32 Å². The van der Waals surface area contributed by atoms with E-state index in [1.54, 1.807) is 6.07 Å². The first-order chi connectivity index (χ1) is 6.58. The van der Waals surface area contributed by atoms with Crippen molar-refractivity contribution >= 4 is 11.6 Å². The molecule has 0 fully saturated rings. The van der Waals surface area contributed by atoms with Crippen LogP contribution in [0, 0.1) is 6.92 Å². The molecule has 1 aromatic carbocycles. The van der Waals surface area contributed by atoms with Crippen LogP contribution in [-0.2, 0) is 6.54 Å². The van der Waals surface area contributed by atoms with Crippen molar-refractivity contribution in [3.8, 4) is 0 Å². The Labute approximate surface area is 87.1 Å². The minimum absolute atomic E-state index is 0.286. The number of benzene rings is 1. The summed E-state index contributed by atoms with van der Waals surface area (Å²) in [7, 11) is 0. The Morgan fingerprint density at radius 2 is 2.07 bits per heavy atom. The summed E-state index contributed by atoms with van der Waals surface area (Å²) in [6, 6.07) is 5.52. The SMILES string of the molecule is Cc1cc(Cl)cc(CNCC(F)F)c1. The number of halogens is 3. The second kappa shape index (κ2) is 5.27. The third-order valence-corrected chi connectivity index (χ3v) is 1.95. The molecular weight excluding hydrogens is 208 g/mol. The first kappa shape index (κ1) is 11.4. The molecule has 0 aliphatic carbocycles. The zero-order chi connectivity index (χ0) is 10.6. The molecule has 1 rings (SSSR count). The monoisotopic (exact) mass is 219 g/mol. The van der Waals surface area contributed by atoms with Gasteiger partial charge in [0.15, 0.2) is 0 Å². The molecule has 0 unspecified atom stereocenters. The average molecular weight is 220 g/mol. The summed E-state index contributed by atoms with van der Waals surface area (Å²) in [6.07, 6.45) is -2.31. The maximum atomic E-state index is 11.8. The van der Waals surface area contributed by atoms with Crippen LogP contribution >= 0.6 is 11.6 Å². The van der Waals surface area contributed by atoms with Gasteiger partial charge in [-0.1, -0.05) is 17.7 Å². The average Bonchev–Trinajstić information content (AvgIpc) is 2.01. The third-order valence-electron chi connectivity index (χ3n) is 1.73. The molecule has 0 saturated carbocycles. The molecule has 1 nitrogen and oxygen atoms in total. The Morgan fingerprint density at radius 1 is 1.36 bits per heavy atom. The largest absolute Gasteiger partial charge is 0.307 e. The third kappa shape index (κ3) is 4.03. The van der Waals surface area contributed by atoms with Crippen LogP contribution in [0.25, 0.3) is 0 Å². The predicted octanol–water partition coefficient (Wildman–Crippen LogP) is 3.00. The second-order valence-corrected chi connectivity index (χ2v) is 3.60. The minimum Gasteiger partial charge on any atom is -0.307 e. The van der Waals surface area contributed by atoms with Gasteiger partial charge < -0.3 is 5.32 Å². The first-order valence-corrected chi connectivity index (χ1v) is 4.70. The molecule has 0 saturated heterocycles. The molecule has 1 N–H and O–H groups in total. The van der Waals surface area contributed by atoms with Gasteiger partial charge in [0.1, 0.15) is 0 Å². The summed E-state index contributed by atoms with van der Waals surface area (Å²) >= 11 is 5.82. The highest BCUT2D eigenvalue weighted by molar-refractivity contribution is 6.30. The molecule has 0 atom stereocenters. The molecule has 0 spiro atoms. The lowest BCUT2D eigenvalue weighted by Gasteiger charge is -2.05. The van der Waals surface area contributed by atoms with Crippen LogP contribution in [0.2, 0.25) is 5.02 Å². The minimum atomic E-state index is -2.31. The highest BCUT2D eigenvalue weighted by atomic mass is 35.5. The smallest absolute Gasteiger partial charge is 0.250 e. The van der Waals surface area contributed by atoms with Crippen molar-refractivity contribution in [2.24, 2.45) is 0 Å². The van der Waals surface area contributed by atoms with Crippen molar-refractivity contribution in [1.82, 2.24) is 5.32 Å². The highest BCUT2D eigenvalue weighted by Gasteiger charge is 2.01. The molecule has 1 aromatic rings. The van der Waals surface area contributed by atoms with Crippen LogP contribution in [0.3, 0.4) is 0 Å². The Kier molecular flexibility index (Phi) is 4.29. The van der Waals surface area contributed by atoms with E-state index in [0.29, 0.717) is 11.6 Å². The van der Waals surface area contributed by atoms with Crippen LogP contribution in [0.1, 0.15) is 11.1 Å². The molecule has 4 heteroatoms. The summed E-state index contributed by atoms with van der Waals surface area (Å²) in [5.74, 6) is 0. The van der Waals surface area contributed by atoms with Gasteiger partial charge in [0.2, 0.25) is 0 Å². The van der Waals surface area contributed by atoms with Gasteiger partial charge in [-0.25, -0.2) is 8.78 Å². The molecule has 78 valence electrons. The van der Waals surface area contributed by atoms with Crippen molar-refractivity contribution in [2.75, 3.05) is 6.54 Å². The Balaban J connectivity index is 2.50. The lowest BCUT2D eigenvalue weighted by Crippen LogP contribution is -2.20. The molecule has 0 amide bonds. The van der Waals surface area contributed by atoms with Crippen LogP contribution in [0.4, 0.5) is 8.78 Å². The summed E-state index contributed by atoms with van der Waals surface area (Å²) in [6.45, 7) is 2.06. The van der Waals surface area contributed by atoms with E-state index in [4.69, 9.17) is 11.6 Å². The van der Waals surface area contributed by atoms with Crippen LogP contribution in [0.15, 0.2) is 18.2 Å². The second-order valence-electron chi connectivity index (χ2n) is 3.16. The van der Waals surface area contributed by atoms with Crippen molar-refractivity contribution in [3.63, 3.8) is 0 Å². The fraction of sp³-hybridized carbons (Fsp3) is 0.400. The summed E-state index contributed by atoms with van der Waals surface area (Å²) in [5, 5.41) is 3.28. The standard InChI is InChI=1S/C10H12ClF2N/c1-7-2-8(4-9(11)3-7)5-14-6-10(12)13/h2-4,10,14H,5-6H2,1H3. The quantitative estimate of drug-likeness (QED) is 0.821. The van der Waals surface area contributed by atoms with Gasteiger partial charge >= 0.3 is 0 Å². The normalized spacial score (nSPS) is 10.9. The van der Waals surface area contributed by atoms with E-state index in [9.17, 15) is 8.78 Å². The molecule has 0 radical (unpaired) electrons. The number of nitrogens with one attached hydrogen (secondary N) is 1. The number of alkyl halides is 2. The molecule has 0 aliphatic heterocycles. The van der Waals surface area contributed by atoms with Crippen molar-refractivity contribution in [3.05, 3.63) is 34.3 Å². The molecular formula is C10H12ClF2N. The Morgan fingerprint density at radius 3 is 2.64 bits per heavy atom. The number of rotatable bonds is 4. The van der Waals surface area contributed by atoms with Crippen molar-refractivity contribution < 1.29 is 8.78 Å². The highest BCUT2D eigenvalue weighted by Crippen LogP contribution is 2.14. The van der Waals surface area contributed by atoms with E-state index in [1.807, 2.05) is 19.1 Å². The van der Waals surface area contributed by atoms with Crippen molar-refractivity contribution in [2.45, 2.75) is 19.9 Å². The van der Waals surface area contributed by atoms with Crippen molar-refractivity contribution in [1.29, 1.82) is 0 Å². The maximum absolute atomic E-state index is 11.8. The maximum Gasteiger partial charge on any atom is 0.250 e. The van der Waals surface area contributed by atoms with Crippen LogP contribution in [0.5, 0.6) is 0 Å². The molecule has 0 aromatic heterocycles. The molecule has 14 heavy (non-hydrogen) atoms. The summed E-state index contributed by atoms with van der Waals surface area (Å²) in [5.41, 5.74) is 1.96. The Hall–Kier alpha value is -0.670. The van der Waals surface area contributed by atoms with Gasteiger partial charge in [-0.15, -0.1) is 0 Å². The van der Waals surface area contributed by atoms with Gasteiger partial charge in [0.25, 0.3) is 6.43 Å². The zero-order valence-electron chi connectivity index (χ0n) is 7.86. The first-order valence-electron chi connectivity index (χ1n) is 4.33. The van der Waals surface area contributed by atoms with Gasteiger partial charge in [0, 0.05) is 11.6 Å². The lowest BCUT2D eigenvalue weighted by molar-refractivity contribution is 0.145. The fourth-order valence-corrected chi connectivity index (χ4v) is 1.55. The van der Waals surface area contributed by atoms with E-state index in [-0.39, 0.29) is 6.54 Å². The molecule has 0 bridgehead atoms.